The summed E-state index contributed by atoms with van der Waals surface area (Å²) in [5.41, 5.74) is 1.87. The van der Waals surface area contributed by atoms with Gasteiger partial charge in [0.05, 0.1) is 0 Å². The van der Waals surface area contributed by atoms with Crippen LogP contribution in [0.5, 0.6) is 0 Å². The number of aryl methyl sites for hydroxylation is 2. The first-order chi connectivity index (χ1) is 7.58. The first kappa shape index (κ1) is 19.1. The van der Waals surface area contributed by atoms with Gasteiger partial charge in [0, 0.05) is 12.8 Å². The Labute approximate surface area is 118 Å². The van der Waals surface area contributed by atoms with E-state index < -0.39 is 11.9 Å². The highest BCUT2D eigenvalue weighted by molar-refractivity contribution is 5.85. The molecule has 1 rings (SSSR count). The van der Waals surface area contributed by atoms with E-state index in [9.17, 15) is 9.59 Å². The standard InChI is InChI=1S/C12H14O4.2ClH/c13-11(14)6-4-9-2-1-3-10(8-9)5-7-12(15)16;;/h1-3,8H,4-7H2,(H,13,14)(H,15,16);2*1H. The van der Waals surface area contributed by atoms with Crippen molar-refractivity contribution < 1.29 is 19.8 Å². The van der Waals surface area contributed by atoms with Crippen LogP contribution < -0.4 is 0 Å². The van der Waals surface area contributed by atoms with Crippen LogP contribution in [0.15, 0.2) is 24.3 Å². The normalized spacial score (nSPS) is 8.89. The van der Waals surface area contributed by atoms with Crippen LogP contribution >= 0.6 is 24.8 Å². The maximum atomic E-state index is 10.4. The Bertz CT molecular complexity index is 360. The molecule has 0 fully saturated rings. The summed E-state index contributed by atoms with van der Waals surface area (Å²) in [5, 5.41) is 17.1. The molecule has 0 saturated heterocycles. The molecular weight excluding hydrogens is 279 g/mol. The van der Waals surface area contributed by atoms with Crippen molar-refractivity contribution in [3.8, 4) is 0 Å². The fourth-order valence-electron chi connectivity index (χ4n) is 1.44. The number of carboxylic acid groups (broad SMARTS) is 2. The first-order valence-corrected chi connectivity index (χ1v) is 5.09. The van der Waals surface area contributed by atoms with E-state index in [1.165, 1.54) is 0 Å². The van der Waals surface area contributed by atoms with E-state index in [1.807, 2.05) is 24.3 Å². The Hall–Kier alpha value is -1.26. The van der Waals surface area contributed by atoms with Gasteiger partial charge in [0.25, 0.3) is 0 Å². The number of rotatable bonds is 6. The molecule has 0 amide bonds. The summed E-state index contributed by atoms with van der Waals surface area (Å²) in [6.07, 6.45) is 1.16. The zero-order chi connectivity index (χ0) is 12.0. The van der Waals surface area contributed by atoms with Crippen LogP contribution in [-0.2, 0) is 22.4 Å². The number of carbonyl (C=O) groups is 2. The second kappa shape index (κ2) is 9.74. The van der Waals surface area contributed by atoms with Crippen LogP contribution in [-0.4, -0.2) is 22.2 Å². The van der Waals surface area contributed by atoms with Gasteiger partial charge in [-0.15, -0.1) is 24.8 Å². The van der Waals surface area contributed by atoms with Crippen LogP contribution in [0.4, 0.5) is 0 Å². The smallest absolute Gasteiger partial charge is 0.303 e. The summed E-state index contributed by atoms with van der Waals surface area (Å²) in [7, 11) is 0. The maximum Gasteiger partial charge on any atom is 0.303 e. The average molecular weight is 295 g/mol. The molecule has 0 aliphatic rings. The average Bonchev–Trinajstić information content (AvgIpc) is 2.24. The third-order valence-corrected chi connectivity index (χ3v) is 2.25. The molecule has 18 heavy (non-hydrogen) atoms. The van der Waals surface area contributed by atoms with Gasteiger partial charge in [0.2, 0.25) is 0 Å². The monoisotopic (exact) mass is 294 g/mol. The highest BCUT2D eigenvalue weighted by atomic mass is 35.5. The third-order valence-electron chi connectivity index (χ3n) is 2.25. The highest BCUT2D eigenvalue weighted by Gasteiger charge is 2.02. The zero-order valence-corrected chi connectivity index (χ0v) is 11.3. The molecular formula is C12H16Cl2O4. The Morgan fingerprint density at radius 2 is 1.28 bits per heavy atom. The Morgan fingerprint density at radius 3 is 1.61 bits per heavy atom. The minimum atomic E-state index is -0.823. The molecule has 4 nitrogen and oxygen atoms in total. The van der Waals surface area contributed by atoms with Crippen molar-refractivity contribution in [3.05, 3.63) is 35.4 Å². The molecule has 6 heteroatoms. The Morgan fingerprint density at radius 1 is 0.889 bits per heavy atom. The largest absolute Gasteiger partial charge is 0.481 e. The van der Waals surface area contributed by atoms with Gasteiger partial charge in [-0.2, -0.15) is 0 Å². The molecule has 0 aliphatic carbocycles. The molecule has 0 unspecified atom stereocenters. The molecule has 0 heterocycles. The van der Waals surface area contributed by atoms with Crippen LogP contribution in [0.3, 0.4) is 0 Å². The quantitative estimate of drug-likeness (QED) is 0.845. The topological polar surface area (TPSA) is 74.6 Å². The summed E-state index contributed by atoms with van der Waals surface area (Å²) in [4.78, 5) is 20.8. The van der Waals surface area contributed by atoms with E-state index >= 15 is 0 Å². The first-order valence-electron chi connectivity index (χ1n) is 5.09. The van der Waals surface area contributed by atoms with Crippen molar-refractivity contribution in [1.82, 2.24) is 0 Å². The number of benzene rings is 1. The van der Waals surface area contributed by atoms with E-state index in [0.29, 0.717) is 12.8 Å². The van der Waals surface area contributed by atoms with Gasteiger partial charge in [0.15, 0.2) is 0 Å². The fourth-order valence-corrected chi connectivity index (χ4v) is 1.44. The lowest BCUT2D eigenvalue weighted by Crippen LogP contribution is -2.00. The lowest BCUT2D eigenvalue weighted by molar-refractivity contribution is -0.137. The van der Waals surface area contributed by atoms with Gasteiger partial charge in [-0.3, -0.25) is 9.59 Å². The van der Waals surface area contributed by atoms with E-state index in [-0.39, 0.29) is 37.7 Å². The van der Waals surface area contributed by atoms with Crippen molar-refractivity contribution in [3.63, 3.8) is 0 Å². The van der Waals surface area contributed by atoms with E-state index in [2.05, 4.69) is 0 Å². The lowest BCUT2D eigenvalue weighted by Gasteiger charge is -2.02. The van der Waals surface area contributed by atoms with Crippen LogP contribution in [0.25, 0.3) is 0 Å². The van der Waals surface area contributed by atoms with Crippen molar-refractivity contribution in [1.29, 1.82) is 0 Å². The SMILES string of the molecule is Cl.Cl.O=C(O)CCc1cccc(CCC(=O)O)c1. The molecule has 0 radical (unpaired) electrons. The Balaban J connectivity index is 0. The van der Waals surface area contributed by atoms with E-state index in [0.717, 1.165) is 11.1 Å². The van der Waals surface area contributed by atoms with Crippen molar-refractivity contribution in [2.24, 2.45) is 0 Å². The number of carboxylic acids is 2. The predicted molar refractivity (Wildman–Crippen MR) is 72.9 cm³/mol. The summed E-state index contributed by atoms with van der Waals surface area (Å²) < 4.78 is 0. The second-order valence-electron chi connectivity index (χ2n) is 3.61. The minimum Gasteiger partial charge on any atom is -0.481 e. The number of aliphatic carboxylic acids is 2. The van der Waals surface area contributed by atoms with Gasteiger partial charge in [-0.05, 0) is 24.0 Å². The van der Waals surface area contributed by atoms with Crippen LogP contribution in [0.2, 0.25) is 0 Å². The summed E-state index contributed by atoms with van der Waals surface area (Å²) in [6.45, 7) is 0. The highest BCUT2D eigenvalue weighted by Crippen LogP contribution is 2.09. The molecule has 2 N–H and O–H groups in total. The van der Waals surface area contributed by atoms with Crippen molar-refractivity contribution >= 4 is 36.8 Å². The molecule has 0 aromatic heterocycles. The molecule has 1 aromatic rings. The Kier molecular flexibility index (Phi) is 10.3. The minimum absolute atomic E-state index is 0. The maximum absolute atomic E-state index is 10.4. The van der Waals surface area contributed by atoms with E-state index in [4.69, 9.17) is 10.2 Å². The molecule has 0 aliphatic heterocycles. The molecule has 102 valence electrons. The molecule has 0 bridgehead atoms. The summed E-state index contributed by atoms with van der Waals surface area (Å²) >= 11 is 0. The number of halogens is 2. The van der Waals surface area contributed by atoms with Crippen molar-refractivity contribution in [2.75, 3.05) is 0 Å². The summed E-state index contributed by atoms with van der Waals surface area (Å²) in [6, 6.07) is 7.40. The van der Waals surface area contributed by atoms with Crippen LogP contribution in [0.1, 0.15) is 24.0 Å². The van der Waals surface area contributed by atoms with E-state index in [1.54, 1.807) is 0 Å². The molecule has 0 atom stereocenters. The summed E-state index contributed by atoms with van der Waals surface area (Å²) in [5.74, 6) is -1.65. The molecule has 0 spiro atoms. The number of hydrogen-bond acceptors (Lipinski definition) is 2. The predicted octanol–water partition coefficient (Wildman–Crippen LogP) is 2.56. The fraction of sp³-hybridized carbons (Fsp3) is 0.333. The van der Waals surface area contributed by atoms with Gasteiger partial charge in [-0.25, -0.2) is 0 Å². The van der Waals surface area contributed by atoms with Gasteiger partial charge < -0.3 is 10.2 Å². The van der Waals surface area contributed by atoms with Gasteiger partial charge >= 0.3 is 11.9 Å². The lowest BCUT2D eigenvalue weighted by atomic mass is 10.0. The molecule has 1 aromatic carbocycles. The molecule has 0 saturated carbocycles. The van der Waals surface area contributed by atoms with Gasteiger partial charge in [0.1, 0.15) is 0 Å². The number of hydrogen-bond donors (Lipinski definition) is 2. The second-order valence-corrected chi connectivity index (χ2v) is 3.61. The van der Waals surface area contributed by atoms with Gasteiger partial charge in [-0.1, -0.05) is 24.3 Å². The van der Waals surface area contributed by atoms with Crippen molar-refractivity contribution in [2.45, 2.75) is 25.7 Å². The third kappa shape index (κ3) is 7.92. The van der Waals surface area contributed by atoms with Crippen LogP contribution in [0, 0.1) is 0 Å². The zero-order valence-electron chi connectivity index (χ0n) is 9.67.